The van der Waals surface area contributed by atoms with Crippen LogP contribution in [0.2, 0.25) is 10.0 Å². The van der Waals surface area contributed by atoms with E-state index in [9.17, 15) is 9.59 Å². The van der Waals surface area contributed by atoms with Crippen LogP contribution in [0.5, 0.6) is 0 Å². The molecule has 8 heteroatoms. The molecular formula is C14H17Cl2N3O3. The Bertz CT molecular complexity index is 568. The summed E-state index contributed by atoms with van der Waals surface area (Å²) in [5.74, 6) is -0.714. The fraction of sp³-hybridized carbons (Fsp3) is 0.429. The summed E-state index contributed by atoms with van der Waals surface area (Å²) in [4.78, 5) is 23.7. The van der Waals surface area contributed by atoms with E-state index in [0.29, 0.717) is 28.7 Å². The van der Waals surface area contributed by atoms with Crippen molar-refractivity contribution >= 4 is 40.7 Å². The van der Waals surface area contributed by atoms with Crippen LogP contribution < -0.4 is 16.4 Å². The molecular weight excluding hydrogens is 329 g/mol. The number of carbonyl (C=O) groups is 2. The van der Waals surface area contributed by atoms with Crippen molar-refractivity contribution in [3.63, 3.8) is 0 Å². The molecule has 1 aromatic carbocycles. The number of amides is 2. The first-order valence-electron chi connectivity index (χ1n) is 6.87. The molecule has 120 valence electrons. The summed E-state index contributed by atoms with van der Waals surface area (Å²) in [6.45, 7) is 0.215. The lowest BCUT2D eigenvalue weighted by atomic mass is 10.2. The molecule has 0 radical (unpaired) electrons. The van der Waals surface area contributed by atoms with Gasteiger partial charge in [0, 0.05) is 11.6 Å². The lowest BCUT2D eigenvalue weighted by Gasteiger charge is -2.13. The maximum Gasteiger partial charge on any atom is 0.249 e. The van der Waals surface area contributed by atoms with Crippen molar-refractivity contribution in [2.75, 3.05) is 18.4 Å². The molecule has 1 saturated heterocycles. The highest BCUT2D eigenvalue weighted by Crippen LogP contribution is 2.25. The SMILES string of the molecule is NC[C@H]1CC[C@@H](C(=O)NCC(=O)Nc2cc(Cl)ccc2Cl)O1. The van der Waals surface area contributed by atoms with Crippen LogP contribution in [0.4, 0.5) is 5.69 Å². The smallest absolute Gasteiger partial charge is 0.249 e. The number of nitrogens with one attached hydrogen (secondary N) is 2. The van der Waals surface area contributed by atoms with Crippen LogP contribution in [-0.4, -0.2) is 37.1 Å². The zero-order valence-electron chi connectivity index (χ0n) is 11.8. The van der Waals surface area contributed by atoms with E-state index in [-0.39, 0.29) is 18.6 Å². The highest BCUT2D eigenvalue weighted by molar-refractivity contribution is 6.35. The summed E-state index contributed by atoms with van der Waals surface area (Å²) in [6.07, 6.45) is 0.722. The zero-order chi connectivity index (χ0) is 16.1. The van der Waals surface area contributed by atoms with Crippen molar-refractivity contribution in [3.05, 3.63) is 28.2 Å². The third-order valence-corrected chi connectivity index (χ3v) is 3.85. The van der Waals surface area contributed by atoms with Crippen molar-refractivity contribution in [1.29, 1.82) is 0 Å². The van der Waals surface area contributed by atoms with Gasteiger partial charge in [-0.15, -0.1) is 0 Å². The fourth-order valence-corrected chi connectivity index (χ4v) is 2.48. The van der Waals surface area contributed by atoms with E-state index in [4.69, 9.17) is 33.7 Å². The second-order valence-corrected chi connectivity index (χ2v) is 5.79. The van der Waals surface area contributed by atoms with Crippen LogP contribution in [0.1, 0.15) is 12.8 Å². The molecule has 0 spiro atoms. The second-order valence-electron chi connectivity index (χ2n) is 4.95. The van der Waals surface area contributed by atoms with Gasteiger partial charge in [0.05, 0.1) is 23.4 Å². The minimum atomic E-state index is -0.545. The van der Waals surface area contributed by atoms with Crippen molar-refractivity contribution < 1.29 is 14.3 Å². The van der Waals surface area contributed by atoms with E-state index >= 15 is 0 Å². The molecule has 4 N–H and O–H groups in total. The Morgan fingerprint density at radius 2 is 2.09 bits per heavy atom. The average Bonchev–Trinajstić information content (AvgIpc) is 2.97. The van der Waals surface area contributed by atoms with Crippen LogP contribution in [0, 0.1) is 0 Å². The second kappa shape index (κ2) is 7.78. The van der Waals surface area contributed by atoms with E-state index in [1.807, 2.05) is 0 Å². The first-order chi connectivity index (χ1) is 10.5. The first-order valence-corrected chi connectivity index (χ1v) is 7.63. The number of anilines is 1. The minimum Gasteiger partial charge on any atom is -0.364 e. The lowest BCUT2D eigenvalue weighted by Crippen LogP contribution is -2.39. The number of nitrogens with two attached hydrogens (primary N) is 1. The molecule has 0 saturated carbocycles. The largest absolute Gasteiger partial charge is 0.364 e. The Morgan fingerprint density at radius 3 is 2.77 bits per heavy atom. The monoisotopic (exact) mass is 345 g/mol. The van der Waals surface area contributed by atoms with Gasteiger partial charge in [-0.25, -0.2) is 0 Å². The zero-order valence-corrected chi connectivity index (χ0v) is 13.3. The number of benzene rings is 1. The molecule has 2 atom stereocenters. The number of hydrogen-bond donors (Lipinski definition) is 3. The minimum absolute atomic E-state index is 0.0881. The van der Waals surface area contributed by atoms with Gasteiger partial charge >= 0.3 is 0 Å². The van der Waals surface area contributed by atoms with Crippen molar-refractivity contribution in [2.45, 2.75) is 25.0 Å². The molecule has 1 heterocycles. The van der Waals surface area contributed by atoms with Crippen molar-refractivity contribution in [2.24, 2.45) is 5.73 Å². The molecule has 2 amide bonds. The Hall–Kier alpha value is -1.34. The molecule has 1 aliphatic rings. The molecule has 1 fully saturated rings. The van der Waals surface area contributed by atoms with Crippen LogP contribution >= 0.6 is 23.2 Å². The van der Waals surface area contributed by atoms with E-state index in [1.165, 1.54) is 6.07 Å². The summed E-state index contributed by atoms with van der Waals surface area (Å²) in [5.41, 5.74) is 5.88. The molecule has 1 aromatic rings. The number of carbonyl (C=O) groups excluding carboxylic acids is 2. The molecule has 0 bridgehead atoms. The van der Waals surface area contributed by atoms with Gasteiger partial charge in [0.15, 0.2) is 0 Å². The maximum absolute atomic E-state index is 11.9. The molecule has 0 aliphatic carbocycles. The molecule has 22 heavy (non-hydrogen) atoms. The number of hydrogen-bond acceptors (Lipinski definition) is 4. The first kappa shape index (κ1) is 17.0. The summed E-state index contributed by atoms with van der Waals surface area (Å²) in [5, 5.41) is 5.94. The van der Waals surface area contributed by atoms with Gasteiger partial charge in [-0.2, -0.15) is 0 Å². The fourth-order valence-electron chi connectivity index (χ4n) is 2.14. The van der Waals surface area contributed by atoms with Crippen LogP contribution in [-0.2, 0) is 14.3 Å². The summed E-state index contributed by atoms with van der Waals surface area (Å²) in [7, 11) is 0. The quantitative estimate of drug-likeness (QED) is 0.754. The van der Waals surface area contributed by atoms with E-state index in [1.54, 1.807) is 12.1 Å². The standard InChI is InChI=1S/C14H17Cl2N3O3/c15-8-1-3-10(16)11(5-8)19-13(20)7-18-14(21)12-4-2-9(6-17)22-12/h1,3,5,9,12H,2,4,6-7,17H2,(H,18,21)(H,19,20)/t9-,12+/m1/s1. The Morgan fingerprint density at radius 1 is 1.32 bits per heavy atom. The Balaban J connectivity index is 1.80. The highest BCUT2D eigenvalue weighted by Gasteiger charge is 2.29. The van der Waals surface area contributed by atoms with E-state index in [2.05, 4.69) is 10.6 Å². The highest BCUT2D eigenvalue weighted by atomic mass is 35.5. The van der Waals surface area contributed by atoms with Gasteiger partial charge in [-0.1, -0.05) is 23.2 Å². The van der Waals surface area contributed by atoms with E-state index < -0.39 is 12.0 Å². The molecule has 0 unspecified atom stereocenters. The van der Waals surface area contributed by atoms with Crippen molar-refractivity contribution in [3.8, 4) is 0 Å². The summed E-state index contributed by atoms with van der Waals surface area (Å²) in [6, 6.07) is 4.74. The third-order valence-electron chi connectivity index (χ3n) is 3.29. The number of ether oxygens (including phenoxy) is 1. The summed E-state index contributed by atoms with van der Waals surface area (Å²) < 4.78 is 5.45. The normalized spacial score (nSPS) is 20.7. The summed E-state index contributed by atoms with van der Waals surface area (Å²) >= 11 is 11.8. The third kappa shape index (κ3) is 4.58. The van der Waals surface area contributed by atoms with Gasteiger partial charge in [0.1, 0.15) is 6.10 Å². The predicted molar refractivity (Wildman–Crippen MR) is 85.1 cm³/mol. The van der Waals surface area contributed by atoms with E-state index in [0.717, 1.165) is 6.42 Å². The lowest BCUT2D eigenvalue weighted by molar-refractivity contribution is -0.133. The van der Waals surface area contributed by atoms with Gasteiger partial charge in [-0.05, 0) is 31.0 Å². The molecule has 6 nitrogen and oxygen atoms in total. The predicted octanol–water partition coefficient (Wildman–Crippen LogP) is 1.55. The molecule has 2 rings (SSSR count). The number of rotatable bonds is 5. The molecule has 1 aliphatic heterocycles. The van der Waals surface area contributed by atoms with Crippen LogP contribution in [0.25, 0.3) is 0 Å². The van der Waals surface area contributed by atoms with Gasteiger partial charge < -0.3 is 21.1 Å². The maximum atomic E-state index is 11.9. The van der Waals surface area contributed by atoms with Gasteiger partial charge in [0.25, 0.3) is 0 Å². The number of halogens is 2. The average molecular weight is 346 g/mol. The van der Waals surface area contributed by atoms with Gasteiger partial charge in [-0.3, -0.25) is 9.59 Å². The van der Waals surface area contributed by atoms with Gasteiger partial charge in [0.2, 0.25) is 11.8 Å². The Labute approximate surface area is 138 Å². The van der Waals surface area contributed by atoms with Crippen LogP contribution in [0.3, 0.4) is 0 Å². The molecule has 0 aromatic heterocycles. The van der Waals surface area contributed by atoms with Crippen molar-refractivity contribution in [1.82, 2.24) is 5.32 Å². The van der Waals surface area contributed by atoms with Crippen LogP contribution in [0.15, 0.2) is 18.2 Å². The Kier molecular flexibility index (Phi) is 6.02. The topological polar surface area (TPSA) is 93.5 Å².